The topological polar surface area (TPSA) is 90.5 Å². The maximum Gasteiger partial charge on any atom is 0.243 e. The van der Waals surface area contributed by atoms with Gasteiger partial charge in [0.15, 0.2) is 0 Å². The quantitative estimate of drug-likeness (QED) is 0.500. The number of amides is 1. The highest BCUT2D eigenvalue weighted by atomic mass is 16.2. The fourth-order valence-electron chi connectivity index (χ4n) is 3.14. The Morgan fingerprint density at radius 2 is 1.86 bits per heavy atom. The molecule has 2 aromatic carbocycles. The molecule has 0 fully saturated rings. The summed E-state index contributed by atoms with van der Waals surface area (Å²) >= 11 is 0. The summed E-state index contributed by atoms with van der Waals surface area (Å²) in [7, 11) is 0. The van der Waals surface area contributed by atoms with Crippen LogP contribution >= 0.6 is 0 Å². The van der Waals surface area contributed by atoms with E-state index < -0.39 is 0 Å². The van der Waals surface area contributed by atoms with Crippen molar-refractivity contribution in [1.82, 2.24) is 35.1 Å². The number of nitrogens with zero attached hydrogens (tertiary/aromatic N) is 6. The highest BCUT2D eigenvalue weighted by Gasteiger charge is 2.09. The predicted octanol–water partition coefficient (Wildman–Crippen LogP) is 2.20. The van der Waals surface area contributed by atoms with Crippen LogP contribution in [-0.4, -0.2) is 42.2 Å². The summed E-state index contributed by atoms with van der Waals surface area (Å²) in [6.07, 6.45) is 0.812. The van der Waals surface area contributed by atoms with Crippen LogP contribution < -0.4 is 5.32 Å². The van der Waals surface area contributed by atoms with Crippen molar-refractivity contribution in [3.8, 4) is 11.4 Å². The van der Waals surface area contributed by atoms with Crippen LogP contribution in [0.25, 0.3) is 22.4 Å². The zero-order valence-electron chi connectivity index (χ0n) is 15.6. The first-order valence-electron chi connectivity index (χ1n) is 9.22. The predicted molar refractivity (Wildman–Crippen MR) is 105 cm³/mol. The number of benzene rings is 2. The molecule has 0 saturated carbocycles. The van der Waals surface area contributed by atoms with Crippen molar-refractivity contribution in [2.75, 3.05) is 6.54 Å². The van der Waals surface area contributed by atoms with E-state index in [2.05, 4.69) is 36.3 Å². The number of aromatic nitrogens is 6. The van der Waals surface area contributed by atoms with Crippen molar-refractivity contribution in [3.05, 3.63) is 60.4 Å². The summed E-state index contributed by atoms with van der Waals surface area (Å²) in [5.41, 5.74) is 2.99. The lowest BCUT2D eigenvalue weighted by atomic mass is 10.2. The number of rotatable bonds is 7. The SMILES string of the molecule is Cc1nc2ccccc2n1CCCNC(=O)Cn1nnc(-c2ccccc2)n1. The Morgan fingerprint density at radius 3 is 2.71 bits per heavy atom. The zero-order valence-corrected chi connectivity index (χ0v) is 15.6. The van der Waals surface area contributed by atoms with E-state index in [1.807, 2.05) is 55.5 Å². The summed E-state index contributed by atoms with van der Waals surface area (Å²) in [6, 6.07) is 17.6. The van der Waals surface area contributed by atoms with Gasteiger partial charge >= 0.3 is 0 Å². The second kappa shape index (κ2) is 7.99. The van der Waals surface area contributed by atoms with Gasteiger partial charge in [-0.05, 0) is 30.7 Å². The number of imidazole rings is 1. The lowest BCUT2D eigenvalue weighted by molar-refractivity contribution is -0.122. The fraction of sp³-hybridized carbons (Fsp3) is 0.250. The van der Waals surface area contributed by atoms with E-state index in [1.54, 1.807) is 0 Å². The Labute approximate surface area is 162 Å². The van der Waals surface area contributed by atoms with Gasteiger partial charge in [0.05, 0.1) is 11.0 Å². The monoisotopic (exact) mass is 375 g/mol. The average molecular weight is 375 g/mol. The molecule has 8 nitrogen and oxygen atoms in total. The van der Waals surface area contributed by atoms with Crippen LogP contribution in [0.5, 0.6) is 0 Å². The van der Waals surface area contributed by atoms with Crippen molar-refractivity contribution >= 4 is 16.9 Å². The molecule has 142 valence electrons. The minimum Gasteiger partial charge on any atom is -0.354 e. The van der Waals surface area contributed by atoms with Gasteiger partial charge < -0.3 is 9.88 Å². The van der Waals surface area contributed by atoms with Crippen LogP contribution in [0.15, 0.2) is 54.6 Å². The molecule has 0 radical (unpaired) electrons. The van der Waals surface area contributed by atoms with Gasteiger partial charge in [-0.3, -0.25) is 4.79 Å². The van der Waals surface area contributed by atoms with Crippen molar-refractivity contribution in [1.29, 1.82) is 0 Å². The number of hydrogen-bond acceptors (Lipinski definition) is 5. The third-order valence-electron chi connectivity index (χ3n) is 4.50. The summed E-state index contributed by atoms with van der Waals surface area (Å²) in [6.45, 7) is 3.42. The standard InChI is InChI=1S/C20H21N7O/c1-15-22-17-10-5-6-11-18(17)26(15)13-7-12-21-19(28)14-27-24-20(23-25-27)16-8-3-2-4-9-16/h2-6,8-11H,7,12-14H2,1H3,(H,21,28). The number of hydrogen-bond donors (Lipinski definition) is 1. The van der Waals surface area contributed by atoms with Crippen LogP contribution in [0.1, 0.15) is 12.2 Å². The van der Waals surface area contributed by atoms with E-state index in [0.29, 0.717) is 12.4 Å². The molecule has 0 atom stereocenters. The molecule has 0 bridgehead atoms. The van der Waals surface area contributed by atoms with E-state index in [-0.39, 0.29) is 12.5 Å². The van der Waals surface area contributed by atoms with E-state index in [0.717, 1.165) is 35.4 Å². The molecule has 8 heteroatoms. The summed E-state index contributed by atoms with van der Waals surface area (Å²) < 4.78 is 2.17. The molecule has 0 aliphatic heterocycles. The number of aryl methyl sites for hydroxylation is 2. The van der Waals surface area contributed by atoms with Crippen LogP contribution in [0.2, 0.25) is 0 Å². The average Bonchev–Trinajstić information content (AvgIpc) is 3.30. The molecule has 0 unspecified atom stereocenters. The molecule has 2 heterocycles. The van der Waals surface area contributed by atoms with E-state index in [1.165, 1.54) is 4.80 Å². The summed E-state index contributed by atoms with van der Waals surface area (Å²) in [5, 5.41) is 15.1. The second-order valence-electron chi connectivity index (χ2n) is 6.51. The Balaban J connectivity index is 1.27. The number of carbonyl (C=O) groups excluding carboxylic acids is 1. The van der Waals surface area contributed by atoms with Gasteiger partial charge in [-0.2, -0.15) is 4.80 Å². The highest BCUT2D eigenvalue weighted by Crippen LogP contribution is 2.15. The van der Waals surface area contributed by atoms with Crippen molar-refractivity contribution in [2.24, 2.45) is 0 Å². The lowest BCUT2D eigenvalue weighted by Gasteiger charge is -2.08. The maximum atomic E-state index is 12.1. The number of tetrazole rings is 1. The van der Waals surface area contributed by atoms with Gasteiger partial charge in [0.2, 0.25) is 11.7 Å². The van der Waals surface area contributed by atoms with Gasteiger partial charge in [-0.1, -0.05) is 42.5 Å². The van der Waals surface area contributed by atoms with Crippen molar-refractivity contribution in [3.63, 3.8) is 0 Å². The smallest absolute Gasteiger partial charge is 0.243 e. The number of fused-ring (bicyclic) bond motifs is 1. The third-order valence-corrected chi connectivity index (χ3v) is 4.50. The minimum absolute atomic E-state index is 0.0485. The molecule has 0 saturated heterocycles. The van der Waals surface area contributed by atoms with Crippen LogP contribution in [0.4, 0.5) is 0 Å². The van der Waals surface area contributed by atoms with Gasteiger partial charge in [0.25, 0.3) is 0 Å². The minimum atomic E-state index is -0.135. The highest BCUT2D eigenvalue weighted by molar-refractivity contribution is 5.76. The van der Waals surface area contributed by atoms with Crippen LogP contribution in [-0.2, 0) is 17.9 Å². The largest absolute Gasteiger partial charge is 0.354 e. The fourth-order valence-corrected chi connectivity index (χ4v) is 3.14. The van der Waals surface area contributed by atoms with Crippen LogP contribution in [0, 0.1) is 6.92 Å². The normalized spacial score (nSPS) is 11.0. The van der Waals surface area contributed by atoms with Crippen molar-refractivity contribution in [2.45, 2.75) is 26.4 Å². The van der Waals surface area contributed by atoms with Gasteiger partial charge in [0.1, 0.15) is 12.4 Å². The lowest BCUT2D eigenvalue weighted by Crippen LogP contribution is -2.29. The second-order valence-corrected chi connectivity index (χ2v) is 6.51. The molecule has 4 rings (SSSR count). The van der Waals surface area contributed by atoms with E-state index >= 15 is 0 Å². The first kappa shape index (κ1) is 17.8. The maximum absolute atomic E-state index is 12.1. The van der Waals surface area contributed by atoms with Gasteiger partial charge in [0, 0.05) is 18.7 Å². The molecule has 4 aromatic rings. The molecule has 0 spiro atoms. The molecular weight excluding hydrogens is 354 g/mol. The van der Waals surface area contributed by atoms with Crippen LogP contribution in [0.3, 0.4) is 0 Å². The van der Waals surface area contributed by atoms with E-state index in [9.17, 15) is 4.79 Å². The van der Waals surface area contributed by atoms with Gasteiger partial charge in [-0.25, -0.2) is 4.98 Å². The first-order chi connectivity index (χ1) is 13.7. The Hall–Kier alpha value is -3.55. The molecule has 0 aliphatic rings. The Morgan fingerprint density at radius 1 is 1.07 bits per heavy atom. The number of para-hydroxylation sites is 2. The zero-order chi connectivity index (χ0) is 19.3. The Kier molecular flexibility index (Phi) is 5.09. The van der Waals surface area contributed by atoms with Crippen molar-refractivity contribution < 1.29 is 4.79 Å². The summed E-state index contributed by atoms with van der Waals surface area (Å²) in [5.74, 6) is 1.35. The molecule has 28 heavy (non-hydrogen) atoms. The van der Waals surface area contributed by atoms with E-state index in [4.69, 9.17) is 0 Å². The number of nitrogens with one attached hydrogen (secondary N) is 1. The molecular formula is C20H21N7O. The third kappa shape index (κ3) is 3.90. The molecule has 2 aromatic heterocycles. The number of carbonyl (C=O) groups is 1. The molecule has 0 aliphatic carbocycles. The first-order valence-corrected chi connectivity index (χ1v) is 9.22. The Bertz CT molecular complexity index is 1080. The van der Waals surface area contributed by atoms with Gasteiger partial charge in [-0.15, -0.1) is 10.2 Å². The molecule has 1 N–H and O–H groups in total. The molecule has 1 amide bonds. The summed E-state index contributed by atoms with van der Waals surface area (Å²) in [4.78, 5) is 18.0.